The van der Waals surface area contributed by atoms with Crippen molar-refractivity contribution < 1.29 is 19.5 Å². The lowest BCUT2D eigenvalue weighted by molar-refractivity contribution is -0.309. The molecule has 0 aliphatic carbocycles. The van der Waals surface area contributed by atoms with Gasteiger partial charge < -0.3 is 25.1 Å². The Kier molecular flexibility index (Phi) is 6.72. The van der Waals surface area contributed by atoms with Crippen LogP contribution in [0.1, 0.15) is 38.2 Å². The summed E-state index contributed by atoms with van der Waals surface area (Å²) >= 11 is 6.01. The van der Waals surface area contributed by atoms with E-state index in [0.717, 1.165) is 10.9 Å². The molecule has 0 fully saturated rings. The second kappa shape index (κ2) is 8.65. The summed E-state index contributed by atoms with van der Waals surface area (Å²) in [5.41, 5.74) is 1.20. The topological polar surface area (TPSA) is 103 Å². The van der Waals surface area contributed by atoms with Crippen molar-refractivity contribution in [2.45, 2.75) is 39.8 Å². The van der Waals surface area contributed by atoms with Crippen molar-refractivity contribution in [3.05, 3.63) is 35.0 Å². The average molecular weight is 407 g/mol. The van der Waals surface area contributed by atoms with Gasteiger partial charge in [0.15, 0.2) is 0 Å². The molecule has 0 saturated carbocycles. The zero-order valence-corrected chi connectivity index (χ0v) is 17.3. The Labute approximate surface area is 169 Å². The Morgan fingerprint density at radius 2 is 1.61 bits per heavy atom. The highest BCUT2D eigenvalue weighted by Crippen LogP contribution is 2.23. The molecule has 2 rings (SSSR count). The van der Waals surface area contributed by atoms with E-state index >= 15 is 0 Å². The van der Waals surface area contributed by atoms with Crippen molar-refractivity contribution in [3.8, 4) is 0 Å². The summed E-state index contributed by atoms with van der Waals surface area (Å²) in [5.74, 6) is -2.95. The van der Waals surface area contributed by atoms with Crippen LogP contribution in [0.3, 0.4) is 0 Å². The summed E-state index contributed by atoms with van der Waals surface area (Å²) < 4.78 is 1.72. The number of aliphatic carboxylic acids is 1. The first kappa shape index (κ1) is 21.8. The monoisotopic (exact) mass is 406 g/mol. The van der Waals surface area contributed by atoms with Crippen molar-refractivity contribution in [1.29, 1.82) is 0 Å². The smallest absolute Gasteiger partial charge is 0.268 e. The zero-order valence-electron chi connectivity index (χ0n) is 16.6. The molecule has 1 aromatic carbocycles. The number of carboxylic acid groups (broad SMARTS) is 1. The Morgan fingerprint density at radius 1 is 1.00 bits per heavy atom. The normalized spacial score (nSPS) is 13.6. The quantitative estimate of drug-likeness (QED) is 0.726. The van der Waals surface area contributed by atoms with Gasteiger partial charge in [-0.05, 0) is 36.1 Å². The molecular weight excluding hydrogens is 382 g/mol. The van der Waals surface area contributed by atoms with Crippen molar-refractivity contribution in [1.82, 2.24) is 15.2 Å². The molecule has 2 atom stereocenters. The molecule has 0 saturated heterocycles. The Hall–Kier alpha value is -2.54. The summed E-state index contributed by atoms with van der Waals surface area (Å²) in [6.45, 7) is 6.89. The first-order valence-electron chi connectivity index (χ1n) is 9.10. The molecule has 2 N–H and O–H groups in total. The van der Waals surface area contributed by atoms with Gasteiger partial charge in [-0.25, -0.2) is 0 Å². The van der Waals surface area contributed by atoms with Gasteiger partial charge in [-0.15, -0.1) is 0 Å². The molecular formula is C20H25ClN3O4-. The third-order valence-electron chi connectivity index (χ3n) is 4.69. The van der Waals surface area contributed by atoms with Gasteiger partial charge in [0.1, 0.15) is 11.7 Å². The molecule has 0 bridgehead atoms. The standard InChI is InChI=1S/C20H26ClN3O4/c1-10(2)16(19(26)23-17(11(3)4)20(27)28)22-18(25)15-9-12-8-13(21)6-7-14(12)24(15)5/h6-11,16-17H,1-5H3,(H,22,25)(H,23,26)(H,27,28)/p-1/t16-,17-/m0/s1. The van der Waals surface area contributed by atoms with Gasteiger partial charge in [-0.3, -0.25) is 9.59 Å². The minimum absolute atomic E-state index is 0.248. The number of hydrogen-bond acceptors (Lipinski definition) is 4. The summed E-state index contributed by atoms with van der Waals surface area (Å²) in [6, 6.07) is 4.98. The Bertz CT molecular complexity index is 904. The average Bonchev–Trinajstić information content (AvgIpc) is 2.92. The van der Waals surface area contributed by atoms with Crippen LogP contribution in [-0.2, 0) is 16.6 Å². The first-order valence-corrected chi connectivity index (χ1v) is 9.47. The van der Waals surface area contributed by atoms with Gasteiger partial charge in [0, 0.05) is 23.0 Å². The van der Waals surface area contributed by atoms with Crippen LogP contribution in [-0.4, -0.2) is 34.4 Å². The fraction of sp³-hybridized carbons (Fsp3) is 0.450. The fourth-order valence-corrected chi connectivity index (χ4v) is 3.21. The number of carbonyl (C=O) groups is 3. The van der Waals surface area contributed by atoms with Crippen molar-refractivity contribution in [2.75, 3.05) is 0 Å². The van der Waals surface area contributed by atoms with Crippen LogP contribution in [0.2, 0.25) is 5.02 Å². The SMILES string of the molecule is CC(C)[C@H](NC(=O)[C@@H](NC(=O)c1cc2cc(Cl)ccc2n1C)C(C)C)C(=O)[O-]. The minimum atomic E-state index is -1.36. The Balaban J connectivity index is 2.24. The number of halogens is 1. The lowest BCUT2D eigenvalue weighted by atomic mass is 10.00. The van der Waals surface area contributed by atoms with Crippen LogP contribution in [0.15, 0.2) is 24.3 Å². The molecule has 0 aliphatic heterocycles. The highest BCUT2D eigenvalue weighted by Gasteiger charge is 2.28. The number of nitrogens with one attached hydrogen (secondary N) is 2. The number of benzene rings is 1. The third kappa shape index (κ3) is 4.65. The molecule has 1 heterocycles. The van der Waals surface area contributed by atoms with Gasteiger partial charge in [-0.2, -0.15) is 0 Å². The van der Waals surface area contributed by atoms with Crippen LogP contribution < -0.4 is 15.7 Å². The first-order chi connectivity index (χ1) is 13.0. The van der Waals surface area contributed by atoms with E-state index in [0.29, 0.717) is 10.7 Å². The van der Waals surface area contributed by atoms with Crippen molar-refractivity contribution >= 4 is 40.3 Å². The maximum absolute atomic E-state index is 12.8. The number of carbonyl (C=O) groups excluding carboxylic acids is 3. The van der Waals surface area contributed by atoms with E-state index in [-0.39, 0.29) is 11.8 Å². The molecule has 28 heavy (non-hydrogen) atoms. The van der Waals surface area contributed by atoms with E-state index in [9.17, 15) is 19.5 Å². The van der Waals surface area contributed by atoms with E-state index in [1.165, 1.54) is 0 Å². The number of rotatable bonds is 7. The maximum atomic E-state index is 12.8. The number of aryl methyl sites for hydroxylation is 1. The largest absolute Gasteiger partial charge is 0.548 e. The van der Waals surface area contributed by atoms with E-state index in [4.69, 9.17) is 11.6 Å². The summed E-state index contributed by atoms with van der Waals surface area (Å²) in [7, 11) is 1.75. The van der Waals surface area contributed by atoms with Crippen molar-refractivity contribution in [2.24, 2.45) is 18.9 Å². The molecule has 2 amide bonds. The van der Waals surface area contributed by atoms with Gasteiger partial charge in [0.2, 0.25) is 5.91 Å². The number of fused-ring (bicyclic) bond motifs is 1. The van der Waals surface area contributed by atoms with Gasteiger partial charge in [0.25, 0.3) is 5.91 Å². The molecule has 2 aromatic rings. The van der Waals surface area contributed by atoms with Crippen LogP contribution in [0.4, 0.5) is 0 Å². The summed E-state index contributed by atoms with van der Waals surface area (Å²) in [4.78, 5) is 36.7. The number of carboxylic acids is 1. The highest BCUT2D eigenvalue weighted by molar-refractivity contribution is 6.31. The molecule has 1 aromatic heterocycles. The van der Waals surface area contributed by atoms with Crippen LogP contribution in [0, 0.1) is 11.8 Å². The molecule has 152 valence electrons. The number of amides is 2. The third-order valence-corrected chi connectivity index (χ3v) is 4.93. The molecule has 0 unspecified atom stereocenters. The zero-order chi connectivity index (χ0) is 21.2. The second-order valence-corrected chi connectivity index (χ2v) is 7.97. The predicted molar refractivity (Wildman–Crippen MR) is 106 cm³/mol. The van der Waals surface area contributed by atoms with E-state index in [2.05, 4.69) is 10.6 Å². The molecule has 8 heteroatoms. The summed E-state index contributed by atoms with van der Waals surface area (Å²) in [5, 5.41) is 17.8. The van der Waals surface area contributed by atoms with Crippen LogP contribution >= 0.6 is 11.6 Å². The lowest BCUT2D eigenvalue weighted by Crippen LogP contribution is -2.57. The number of nitrogens with zero attached hydrogens (tertiary/aromatic N) is 1. The Morgan fingerprint density at radius 3 is 2.14 bits per heavy atom. The molecule has 0 radical (unpaired) electrons. The van der Waals surface area contributed by atoms with Gasteiger partial charge in [-0.1, -0.05) is 39.3 Å². The van der Waals surface area contributed by atoms with E-state index < -0.39 is 29.9 Å². The van der Waals surface area contributed by atoms with Crippen molar-refractivity contribution in [3.63, 3.8) is 0 Å². The van der Waals surface area contributed by atoms with Crippen LogP contribution in [0.25, 0.3) is 10.9 Å². The maximum Gasteiger partial charge on any atom is 0.268 e. The summed E-state index contributed by atoms with van der Waals surface area (Å²) in [6.07, 6.45) is 0. The predicted octanol–water partition coefficient (Wildman–Crippen LogP) is 1.48. The molecule has 0 spiro atoms. The van der Waals surface area contributed by atoms with E-state index in [1.807, 2.05) is 6.07 Å². The second-order valence-electron chi connectivity index (χ2n) is 7.54. The lowest BCUT2D eigenvalue weighted by Gasteiger charge is -2.28. The number of hydrogen-bond donors (Lipinski definition) is 2. The highest BCUT2D eigenvalue weighted by atomic mass is 35.5. The van der Waals surface area contributed by atoms with Crippen LogP contribution in [0.5, 0.6) is 0 Å². The van der Waals surface area contributed by atoms with Gasteiger partial charge in [0.05, 0.1) is 12.0 Å². The van der Waals surface area contributed by atoms with E-state index in [1.54, 1.807) is 57.5 Å². The fourth-order valence-electron chi connectivity index (χ4n) is 3.03. The minimum Gasteiger partial charge on any atom is -0.548 e. The molecule has 7 nitrogen and oxygen atoms in total. The van der Waals surface area contributed by atoms with Gasteiger partial charge >= 0.3 is 0 Å². The number of aromatic nitrogens is 1. The molecule has 0 aliphatic rings.